The summed E-state index contributed by atoms with van der Waals surface area (Å²) in [7, 11) is 3.24. The van der Waals surface area contributed by atoms with E-state index in [0.717, 1.165) is 16.8 Å². The van der Waals surface area contributed by atoms with E-state index in [4.69, 9.17) is 21.1 Å². The van der Waals surface area contributed by atoms with Gasteiger partial charge >= 0.3 is 0 Å². The maximum Gasteiger partial charge on any atom is 0.226 e. The number of methoxy groups -OCH3 is 2. The van der Waals surface area contributed by atoms with Crippen LogP contribution in [0.4, 0.5) is 5.95 Å². The molecule has 132 valence electrons. The van der Waals surface area contributed by atoms with Gasteiger partial charge in [-0.1, -0.05) is 23.7 Å². The smallest absolute Gasteiger partial charge is 0.226 e. The van der Waals surface area contributed by atoms with Crippen molar-refractivity contribution in [3.8, 4) is 11.5 Å². The summed E-state index contributed by atoms with van der Waals surface area (Å²) in [4.78, 5) is 4.32. The third-order valence-electron chi connectivity index (χ3n) is 4.29. The molecule has 1 atom stereocenters. The first-order chi connectivity index (χ1) is 12.7. The van der Waals surface area contributed by atoms with Crippen LogP contribution < -0.4 is 14.8 Å². The molecule has 1 aromatic heterocycles. The molecule has 3 aromatic rings. The van der Waals surface area contributed by atoms with Crippen LogP contribution in [-0.2, 0) is 0 Å². The lowest BCUT2D eigenvalue weighted by molar-refractivity contribution is 0.355. The average molecular weight is 369 g/mol. The molecule has 0 radical (unpaired) electrons. The minimum Gasteiger partial charge on any atom is -0.493 e. The third kappa shape index (κ3) is 2.88. The maximum atomic E-state index is 6.18. The number of nitrogens with zero attached hydrogens (tertiary/aromatic N) is 3. The Labute approximate surface area is 156 Å². The summed E-state index contributed by atoms with van der Waals surface area (Å²) in [5, 5.41) is 8.35. The van der Waals surface area contributed by atoms with Gasteiger partial charge in [-0.2, -0.15) is 10.1 Å². The highest BCUT2D eigenvalue weighted by molar-refractivity contribution is 6.30. The van der Waals surface area contributed by atoms with Gasteiger partial charge in [-0.05, 0) is 42.0 Å². The lowest BCUT2D eigenvalue weighted by Crippen LogP contribution is -2.20. The fourth-order valence-corrected chi connectivity index (χ4v) is 3.23. The lowest BCUT2D eigenvalue weighted by Gasteiger charge is -2.25. The lowest BCUT2D eigenvalue weighted by atomic mass is 10.0. The van der Waals surface area contributed by atoms with Gasteiger partial charge in [-0.15, -0.1) is 0 Å². The van der Waals surface area contributed by atoms with Crippen LogP contribution in [0.25, 0.3) is 5.70 Å². The first-order valence-electron chi connectivity index (χ1n) is 8.06. The zero-order valence-corrected chi connectivity index (χ0v) is 15.1. The molecular formula is C19H17ClN4O2. The average Bonchev–Trinajstić information content (AvgIpc) is 3.15. The molecule has 2 heterocycles. The molecule has 0 saturated heterocycles. The fourth-order valence-electron chi connectivity index (χ4n) is 3.03. The van der Waals surface area contributed by atoms with Crippen molar-refractivity contribution in [3.63, 3.8) is 0 Å². The zero-order valence-electron chi connectivity index (χ0n) is 14.3. The molecule has 0 fully saturated rings. The Balaban J connectivity index is 1.80. The first kappa shape index (κ1) is 16.5. The predicted molar refractivity (Wildman–Crippen MR) is 101 cm³/mol. The monoisotopic (exact) mass is 368 g/mol. The molecule has 1 aliphatic rings. The number of allylic oxidation sites excluding steroid dienone is 1. The minimum atomic E-state index is -0.115. The fraction of sp³-hybridized carbons (Fsp3) is 0.158. The molecular weight excluding hydrogens is 352 g/mol. The molecule has 0 aliphatic carbocycles. The van der Waals surface area contributed by atoms with E-state index in [1.807, 2.05) is 47.1 Å². The number of ether oxygens (including phenoxy) is 2. The molecule has 4 rings (SSSR count). The van der Waals surface area contributed by atoms with Crippen LogP contribution in [0.5, 0.6) is 11.5 Å². The molecule has 6 nitrogen and oxygen atoms in total. The second kappa shape index (κ2) is 6.72. The van der Waals surface area contributed by atoms with E-state index < -0.39 is 0 Å². The second-order valence-electron chi connectivity index (χ2n) is 5.80. The Morgan fingerprint density at radius 1 is 1.08 bits per heavy atom. The normalized spacial score (nSPS) is 15.7. The van der Waals surface area contributed by atoms with Gasteiger partial charge in [0.25, 0.3) is 0 Å². The number of aromatic nitrogens is 3. The van der Waals surface area contributed by atoms with Crippen molar-refractivity contribution < 1.29 is 9.47 Å². The van der Waals surface area contributed by atoms with Crippen LogP contribution >= 0.6 is 11.6 Å². The summed E-state index contributed by atoms with van der Waals surface area (Å²) in [5.74, 6) is 2.02. The van der Waals surface area contributed by atoms with Gasteiger partial charge in [0.05, 0.1) is 14.2 Å². The van der Waals surface area contributed by atoms with E-state index in [1.165, 1.54) is 6.33 Å². The maximum absolute atomic E-state index is 6.18. The first-order valence-corrected chi connectivity index (χ1v) is 8.43. The largest absolute Gasteiger partial charge is 0.493 e. The van der Waals surface area contributed by atoms with Crippen molar-refractivity contribution in [1.82, 2.24) is 14.8 Å². The molecule has 0 saturated carbocycles. The van der Waals surface area contributed by atoms with Gasteiger partial charge in [-0.25, -0.2) is 4.68 Å². The number of anilines is 1. The summed E-state index contributed by atoms with van der Waals surface area (Å²) in [5.41, 5.74) is 2.91. The molecule has 0 spiro atoms. The number of hydrogen-bond donors (Lipinski definition) is 1. The van der Waals surface area contributed by atoms with Gasteiger partial charge < -0.3 is 14.8 Å². The summed E-state index contributed by atoms with van der Waals surface area (Å²) in [6.07, 6.45) is 3.62. The van der Waals surface area contributed by atoms with Crippen molar-refractivity contribution in [2.24, 2.45) is 0 Å². The van der Waals surface area contributed by atoms with Crippen molar-refractivity contribution in [1.29, 1.82) is 0 Å². The highest BCUT2D eigenvalue weighted by atomic mass is 35.5. The minimum absolute atomic E-state index is 0.115. The zero-order chi connectivity index (χ0) is 18.1. The van der Waals surface area contributed by atoms with Crippen LogP contribution in [0.2, 0.25) is 5.02 Å². The van der Waals surface area contributed by atoms with Crippen molar-refractivity contribution in [2.75, 3.05) is 19.5 Å². The standard InChI is InChI=1S/C19H17ClN4O2/c1-25-17-7-6-12(9-18(17)26-2)15-10-16(13-4-3-5-14(20)8-13)24-19(23-15)21-11-22-24/h3-11,16H,1-2H3,(H,21,22,23)/t16-/m0/s1. The molecule has 7 heteroatoms. The molecule has 0 unspecified atom stereocenters. The summed E-state index contributed by atoms with van der Waals surface area (Å²) >= 11 is 6.18. The summed E-state index contributed by atoms with van der Waals surface area (Å²) < 4.78 is 12.6. The SMILES string of the molecule is COc1ccc(C2=C[C@@H](c3cccc(Cl)c3)n3ncnc3N2)cc1OC. The molecule has 1 N–H and O–H groups in total. The highest BCUT2D eigenvalue weighted by Crippen LogP contribution is 2.35. The van der Waals surface area contributed by atoms with E-state index in [0.29, 0.717) is 22.5 Å². The molecule has 0 bridgehead atoms. The molecule has 26 heavy (non-hydrogen) atoms. The van der Waals surface area contributed by atoms with Gasteiger partial charge in [0.1, 0.15) is 12.4 Å². The third-order valence-corrected chi connectivity index (χ3v) is 4.53. The van der Waals surface area contributed by atoms with Gasteiger partial charge in [0.15, 0.2) is 11.5 Å². The van der Waals surface area contributed by atoms with Crippen LogP contribution in [0.3, 0.4) is 0 Å². The van der Waals surface area contributed by atoms with E-state index in [1.54, 1.807) is 14.2 Å². The van der Waals surface area contributed by atoms with E-state index >= 15 is 0 Å². The van der Waals surface area contributed by atoms with Gasteiger partial charge in [0, 0.05) is 16.3 Å². The predicted octanol–water partition coefficient (Wildman–Crippen LogP) is 4.00. The Hall–Kier alpha value is -2.99. The summed E-state index contributed by atoms with van der Waals surface area (Å²) in [6.45, 7) is 0. The Kier molecular flexibility index (Phi) is 4.26. The number of halogens is 1. The Bertz CT molecular complexity index is 983. The molecule has 0 amide bonds. The van der Waals surface area contributed by atoms with E-state index in [-0.39, 0.29) is 6.04 Å². The van der Waals surface area contributed by atoms with Crippen LogP contribution in [0, 0.1) is 0 Å². The van der Waals surface area contributed by atoms with Crippen molar-refractivity contribution in [3.05, 3.63) is 71.0 Å². The number of benzene rings is 2. The van der Waals surface area contributed by atoms with E-state index in [2.05, 4.69) is 21.5 Å². The van der Waals surface area contributed by atoms with Crippen molar-refractivity contribution >= 4 is 23.2 Å². The van der Waals surface area contributed by atoms with Gasteiger partial charge in [-0.3, -0.25) is 0 Å². The number of rotatable bonds is 4. The Morgan fingerprint density at radius 2 is 1.92 bits per heavy atom. The van der Waals surface area contributed by atoms with Crippen LogP contribution in [0.1, 0.15) is 17.2 Å². The summed E-state index contributed by atoms with van der Waals surface area (Å²) in [6, 6.07) is 13.4. The van der Waals surface area contributed by atoms with Gasteiger partial charge in [0.2, 0.25) is 5.95 Å². The molecule has 1 aliphatic heterocycles. The van der Waals surface area contributed by atoms with Crippen LogP contribution in [-0.4, -0.2) is 29.0 Å². The van der Waals surface area contributed by atoms with E-state index in [9.17, 15) is 0 Å². The van der Waals surface area contributed by atoms with Crippen LogP contribution in [0.15, 0.2) is 54.9 Å². The second-order valence-corrected chi connectivity index (χ2v) is 6.24. The van der Waals surface area contributed by atoms with Crippen molar-refractivity contribution in [2.45, 2.75) is 6.04 Å². The highest BCUT2D eigenvalue weighted by Gasteiger charge is 2.24. The number of nitrogens with one attached hydrogen (secondary N) is 1. The number of fused-ring (bicyclic) bond motifs is 1. The molecule has 2 aromatic carbocycles. The topological polar surface area (TPSA) is 61.2 Å². The Morgan fingerprint density at radius 3 is 2.69 bits per heavy atom. The quantitative estimate of drug-likeness (QED) is 0.754. The number of hydrogen-bond acceptors (Lipinski definition) is 5.